The van der Waals surface area contributed by atoms with E-state index in [1.807, 2.05) is 18.2 Å². The van der Waals surface area contributed by atoms with Crippen LogP contribution in [0.2, 0.25) is 0 Å². The minimum Gasteiger partial charge on any atom is -0.438 e. The molecule has 3 aromatic rings. The van der Waals surface area contributed by atoms with Gasteiger partial charge in [0.1, 0.15) is 17.1 Å². The molecule has 174 valence electrons. The first-order valence-electron chi connectivity index (χ1n) is 10.7. The van der Waals surface area contributed by atoms with Crippen molar-refractivity contribution in [1.82, 2.24) is 15.2 Å². The zero-order valence-electron chi connectivity index (χ0n) is 18.6. The standard InChI is InChI=1S/C25H27FN4O2.ClH/c1-16-13-30(14-17(2)29-16)15-18-6-8-19(9-7-18)20-4-3-5-22(10-20)32-25-23(24(27)31)11-21(26)12-28-25;/h3-12,16-17,29H,13-15H2,1-2H3,(H2,27,31);1H/t16-,17+;. The number of hydrogen-bond acceptors (Lipinski definition) is 5. The van der Waals surface area contributed by atoms with Crippen LogP contribution in [0.4, 0.5) is 4.39 Å². The normalized spacial score (nSPS) is 18.4. The maximum Gasteiger partial charge on any atom is 0.254 e. The fourth-order valence-corrected chi connectivity index (χ4v) is 4.17. The number of carbonyl (C=O) groups excluding carboxylic acids is 1. The molecule has 8 heteroatoms. The number of piperazine rings is 1. The zero-order valence-corrected chi connectivity index (χ0v) is 19.4. The highest BCUT2D eigenvalue weighted by Crippen LogP contribution is 2.28. The van der Waals surface area contributed by atoms with Crippen LogP contribution in [0.1, 0.15) is 29.8 Å². The minimum absolute atomic E-state index is 0. The quantitative estimate of drug-likeness (QED) is 0.558. The lowest BCUT2D eigenvalue weighted by atomic mass is 10.0. The summed E-state index contributed by atoms with van der Waals surface area (Å²) < 4.78 is 19.2. The molecule has 33 heavy (non-hydrogen) atoms. The van der Waals surface area contributed by atoms with E-state index in [2.05, 4.69) is 53.3 Å². The van der Waals surface area contributed by atoms with Crippen LogP contribution in [-0.4, -0.2) is 41.0 Å². The summed E-state index contributed by atoms with van der Waals surface area (Å²) in [6, 6.07) is 17.9. The molecule has 0 aliphatic carbocycles. The molecule has 3 N–H and O–H groups in total. The highest BCUT2D eigenvalue weighted by atomic mass is 35.5. The summed E-state index contributed by atoms with van der Waals surface area (Å²) in [6.07, 6.45) is 0.990. The first-order chi connectivity index (χ1) is 15.4. The molecule has 1 aromatic heterocycles. The van der Waals surface area contributed by atoms with Crippen molar-refractivity contribution in [3.8, 4) is 22.8 Å². The largest absolute Gasteiger partial charge is 0.438 e. The second-order valence-electron chi connectivity index (χ2n) is 8.36. The lowest BCUT2D eigenvalue weighted by molar-refractivity contribution is 0.0997. The van der Waals surface area contributed by atoms with Gasteiger partial charge in [-0.2, -0.15) is 0 Å². The number of pyridine rings is 1. The monoisotopic (exact) mass is 470 g/mol. The number of hydrogen-bond donors (Lipinski definition) is 2. The van der Waals surface area contributed by atoms with Crippen molar-refractivity contribution < 1.29 is 13.9 Å². The van der Waals surface area contributed by atoms with E-state index >= 15 is 0 Å². The van der Waals surface area contributed by atoms with Gasteiger partial charge >= 0.3 is 0 Å². The van der Waals surface area contributed by atoms with Gasteiger partial charge in [0.25, 0.3) is 5.91 Å². The molecule has 1 fully saturated rings. The Balaban J connectivity index is 0.00000306. The van der Waals surface area contributed by atoms with E-state index in [-0.39, 0.29) is 23.9 Å². The lowest BCUT2D eigenvalue weighted by Crippen LogP contribution is -2.53. The van der Waals surface area contributed by atoms with Crippen molar-refractivity contribution in [2.24, 2.45) is 5.73 Å². The van der Waals surface area contributed by atoms with Crippen LogP contribution in [0.25, 0.3) is 11.1 Å². The molecule has 0 radical (unpaired) electrons. The van der Waals surface area contributed by atoms with E-state index in [1.54, 1.807) is 6.07 Å². The van der Waals surface area contributed by atoms with E-state index in [4.69, 9.17) is 10.5 Å². The molecule has 2 aromatic carbocycles. The van der Waals surface area contributed by atoms with E-state index < -0.39 is 11.7 Å². The summed E-state index contributed by atoms with van der Waals surface area (Å²) in [6.45, 7) is 7.43. The van der Waals surface area contributed by atoms with Gasteiger partial charge in [0, 0.05) is 31.7 Å². The van der Waals surface area contributed by atoms with Crippen LogP contribution >= 0.6 is 12.4 Å². The number of aromatic nitrogens is 1. The fourth-order valence-electron chi connectivity index (χ4n) is 4.17. The number of nitrogens with two attached hydrogens (primary N) is 1. The summed E-state index contributed by atoms with van der Waals surface area (Å²) in [5.41, 5.74) is 8.49. The third kappa shape index (κ3) is 6.28. The number of benzene rings is 2. The molecule has 0 spiro atoms. The Hall–Kier alpha value is -3.00. The molecule has 0 bridgehead atoms. The number of halogens is 2. The van der Waals surface area contributed by atoms with Gasteiger partial charge < -0.3 is 15.8 Å². The van der Waals surface area contributed by atoms with Crippen LogP contribution in [0.3, 0.4) is 0 Å². The highest BCUT2D eigenvalue weighted by Gasteiger charge is 2.20. The van der Waals surface area contributed by atoms with Crippen molar-refractivity contribution in [2.75, 3.05) is 13.1 Å². The molecule has 4 rings (SSSR count). The molecule has 2 heterocycles. The summed E-state index contributed by atoms with van der Waals surface area (Å²) in [7, 11) is 0. The van der Waals surface area contributed by atoms with Gasteiger partial charge in [-0.15, -0.1) is 12.4 Å². The molecular weight excluding hydrogens is 443 g/mol. The average Bonchev–Trinajstić information content (AvgIpc) is 2.75. The molecule has 2 atom stereocenters. The highest BCUT2D eigenvalue weighted by molar-refractivity contribution is 5.95. The number of nitrogens with one attached hydrogen (secondary N) is 1. The van der Waals surface area contributed by atoms with Gasteiger partial charge in [0.2, 0.25) is 5.88 Å². The predicted molar refractivity (Wildman–Crippen MR) is 129 cm³/mol. The molecule has 1 aliphatic heterocycles. The topological polar surface area (TPSA) is 80.5 Å². The van der Waals surface area contributed by atoms with Gasteiger partial charge in [-0.25, -0.2) is 9.37 Å². The Kier molecular flexibility index (Phi) is 8.02. The first kappa shape index (κ1) is 24.6. The van der Waals surface area contributed by atoms with Crippen LogP contribution in [0.15, 0.2) is 60.8 Å². The Labute approximate surface area is 199 Å². The molecular formula is C25H28ClFN4O2. The third-order valence-corrected chi connectivity index (χ3v) is 5.46. The number of rotatable bonds is 6. The van der Waals surface area contributed by atoms with Crippen molar-refractivity contribution in [2.45, 2.75) is 32.5 Å². The van der Waals surface area contributed by atoms with E-state index in [1.165, 1.54) is 5.56 Å². The van der Waals surface area contributed by atoms with Gasteiger partial charge in [-0.1, -0.05) is 36.4 Å². The van der Waals surface area contributed by atoms with E-state index in [0.717, 1.165) is 43.0 Å². The summed E-state index contributed by atoms with van der Waals surface area (Å²) in [5, 5.41) is 3.56. The maximum atomic E-state index is 13.4. The molecule has 0 saturated carbocycles. The zero-order chi connectivity index (χ0) is 22.7. The Morgan fingerprint density at radius 2 is 1.82 bits per heavy atom. The van der Waals surface area contributed by atoms with Gasteiger partial charge in [-0.05, 0) is 48.7 Å². The smallest absolute Gasteiger partial charge is 0.254 e. The molecule has 6 nitrogen and oxygen atoms in total. The van der Waals surface area contributed by atoms with Crippen LogP contribution in [-0.2, 0) is 6.54 Å². The minimum atomic E-state index is -0.799. The van der Waals surface area contributed by atoms with Gasteiger partial charge in [0.15, 0.2) is 0 Å². The second-order valence-corrected chi connectivity index (χ2v) is 8.36. The van der Waals surface area contributed by atoms with Crippen LogP contribution < -0.4 is 15.8 Å². The number of primary amides is 1. The van der Waals surface area contributed by atoms with Crippen molar-refractivity contribution in [3.63, 3.8) is 0 Å². The van der Waals surface area contributed by atoms with Gasteiger partial charge in [-0.3, -0.25) is 9.69 Å². The maximum absolute atomic E-state index is 13.4. The second kappa shape index (κ2) is 10.7. The third-order valence-electron chi connectivity index (χ3n) is 5.46. The first-order valence-corrected chi connectivity index (χ1v) is 10.7. The number of ether oxygens (including phenoxy) is 1. The molecule has 0 unspecified atom stereocenters. The average molecular weight is 471 g/mol. The number of amides is 1. The Morgan fingerprint density at radius 1 is 1.12 bits per heavy atom. The van der Waals surface area contributed by atoms with Crippen molar-refractivity contribution in [3.05, 3.63) is 77.7 Å². The summed E-state index contributed by atoms with van der Waals surface area (Å²) in [5.74, 6) is -0.986. The summed E-state index contributed by atoms with van der Waals surface area (Å²) in [4.78, 5) is 17.9. The van der Waals surface area contributed by atoms with Crippen molar-refractivity contribution >= 4 is 18.3 Å². The molecule has 1 saturated heterocycles. The van der Waals surface area contributed by atoms with E-state index in [0.29, 0.717) is 17.8 Å². The Morgan fingerprint density at radius 3 is 2.48 bits per heavy atom. The fraction of sp³-hybridized carbons (Fsp3) is 0.280. The van der Waals surface area contributed by atoms with Crippen molar-refractivity contribution in [1.29, 1.82) is 0 Å². The van der Waals surface area contributed by atoms with Crippen LogP contribution in [0.5, 0.6) is 11.6 Å². The number of nitrogens with zero attached hydrogens (tertiary/aromatic N) is 2. The SMILES string of the molecule is C[C@@H]1CN(Cc2ccc(-c3cccc(Oc4ncc(F)cc4C(N)=O)c3)cc2)C[C@H](C)N1.Cl. The summed E-state index contributed by atoms with van der Waals surface area (Å²) >= 11 is 0. The lowest BCUT2D eigenvalue weighted by Gasteiger charge is -2.36. The molecule has 1 amide bonds. The van der Waals surface area contributed by atoms with Gasteiger partial charge in [0.05, 0.1) is 6.20 Å². The Bertz CT molecular complexity index is 1100. The van der Waals surface area contributed by atoms with Crippen LogP contribution in [0, 0.1) is 5.82 Å². The van der Waals surface area contributed by atoms with E-state index in [9.17, 15) is 9.18 Å². The number of carbonyl (C=O) groups is 1. The predicted octanol–water partition coefficient (Wildman–Crippen LogP) is 4.38. The molecule has 1 aliphatic rings.